The molecule has 2 aromatic carbocycles. The Labute approximate surface area is 149 Å². The molecule has 0 fully saturated rings. The fourth-order valence-electron chi connectivity index (χ4n) is 2.82. The zero-order valence-corrected chi connectivity index (χ0v) is 15.5. The minimum atomic E-state index is -0.507. The number of benzene rings is 2. The van der Waals surface area contributed by atoms with Crippen molar-refractivity contribution < 1.29 is 14.3 Å². The lowest BCUT2D eigenvalue weighted by Crippen LogP contribution is -2.49. The second kappa shape index (κ2) is 8.01. The molecular weight excluding hydrogens is 316 g/mol. The summed E-state index contributed by atoms with van der Waals surface area (Å²) in [6.45, 7) is 5.77. The van der Waals surface area contributed by atoms with Crippen LogP contribution in [-0.2, 0) is 16.1 Å². The Kier molecular flexibility index (Phi) is 6.02. The summed E-state index contributed by atoms with van der Waals surface area (Å²) in [5, 5.41) is 4.94. The molecule has 0 unspecified atom stereocenters. The SMILES string of the molecule is COc1ccc2cc(CN(C)C(=O)[C@H](NC(C)=O)C(C)C)ccc2c1. The number of likely N-dealkylation sites (N-methyl/N-ethyl adjacent to an activating group) is 1. The molecule has 0 heterocycles. The van der Waals surface area contributed by atoms with Gasteiger partial charge < -0.3 is 15.0 Å². The molecule has 1 N–H and O–H groups in total. The predicted molar refractivity (Wildman–Crippen MR) is 99.4 cm³/mol. The van der Waals surface area contributed by atoms with Crippen molar-refractivity contribution in [1.29, 1.82) is 0 Å². The minimum Gasteiger partial charge on any atom is -0.497 e. The van der Waals surface area contributed by atoms with Crippen LogP contribution in [0.1, 0.15) is 26.3 Å². The van der Waals surface area contributed by atoms with Crippen molar-refractivity contribution in [3.8, 4) is 5.75 Å². The van der Waals surface area contributed by atoms with E-state index >= 15 is 0 Å². The van der Waals surface area contributed by atoms with E-state index in [1.165, 1.54) is 6.92 Å². The molecule has 0 radical (unpaired) electrons. The zero-order chi connectivity index (χ0) is 18.6. The van der Waals surface area contributed by atoms with Crippen LogP contribution in [0.4, 0.5) is 0 Å². The molecule has 0 aromatic heterocycles. The molecule has 2 amide bonds. The summed E-state index contributed by atoms with van der Waals surface area (Å²) in [5.41, 5.74) is 1.04. The lowest BCUT2D eigenvalue weighted by atomic mass is 10.0. The first kappa shape index (κ1) is 18.8. The van der Waals surface area contributed by atoms with Gasteiger partial charge in [0.1, 0.15) is 11.8 Å². The standard InChI is InChI=1S/C20H26N2O3/c1-13(2)19(21-14(3)23)20(24)22(4)12-15-6-7-17-11-18(25-5)9-8-16(17)10-15/h6-11,13,19H,12H2,1-5H3,(H,21,23)/t19-/m1/s1. The smallest absolute Gasteiger partial charge is 0.245 e. The van der Waals surface area contributed by atoms with Crippen molar-refractivity contribution >= 4 is 22.6 Å². The number of rotatable bonds is 6. The summed E-state index contributed by atoms with van der Waals surface area (Å²) in [6.07, 6.45) is 0. The molecule has 0 spiro atoms. The van der Waals surface area contributed by atoms with Crippen LogP contribution in [-0.4, -0.2) is 36.9 Å². The zero-order valence-electron chi connectivity index (χ0n) is 15.5. The lowest BCUT2D eigenvalue weighted by molar-refractivity contribution is -0.136. The lowest BCUT2D eigenvalue weighted by Gasteiger charge is -2.27. The Balaban J connectivity index is 2.15. The Morgan fingerprint density at radius 1 is 1.12 bits per heavy atom. The molecule has 5 nitrogen and oxygen atoms in total. The van der Waals surface area contributed by atoms with Gasteiger partial charge in [0.15, 0.2) is 0 Å². The van der Waals surface area contributed by atoms with Gasteiger partial charge in [-0.25, -0.2) is 0 Å². The third kappa shape index (κ3) is 4.72. The Hall–Kier alpha value is -2.56. The highest BCUT2D eigenvalue weighted by Crippen LogP contribution is 2.22. The maximum Gasteiger partial charge on any atom is 0.245 e. The first-order valence-corrected chi connectivity index (χ1v) is 8.40. The van der Waals surface area contributed by atoms with Crippen molar-refractivity contribution in [3.63, 3.8) is 0 Å². The van der Waals surface area contributed by atoms with Crippen molar-refractivity contribution in [2.45, 2.75) is 33.4 Å². The van der Waals surface area contributed by atoms with Gasteiger partial charge in [-0.05, 0) is 40.5 Å². The quantitative estimate of drug-likeness (QED) is 0.878. The van der Waals surface area contributed by atoms with E-state index in [1.807, 2.05) is 44.2 Å². The molecule has 2 rings (SSSR count). The maximum absolute atomic E-state index is 12.7. The van der Waals surface area contributed by atoms with E-state index < -0.39 is 6.04 Å². The predicted octanol–water partition coefficient (Wildman–Crippen LogP) is 2.97. The molecule has 0 saturated carbocycles. The molecule has 0 saturated heterocycles. The largest absolute Gasteiger partial charge is 0.497 e. The van der Waals surface area contributed by atoms with Crippen molar-refractivity contribution in [2.24, 2.45) is 5.92 Å². The van der Waals surface area contributed by atoms with Gasteiger partial charge in [-0.15, -0.1) is 0 Å². The first-order valence-electron chi connectivity index (χ1n) is 8.40. The number of methoxy groups -OCH3 is 1. The molecule has 134 valence electrons. The van der Waals surface area contributed by atoms with E-state index in [2.05, 4.69) is 11.4 Å². The van der Waals surface area contributed by atoms with E-state index in [9.17, 15) is 9.59 Å². The van der Waals surface area contributed by atoms with Gasteiger partial charge in [-0.3, -0.25) is 9.59 Å². The van der Waals surface area contributed by atoms with Crippen LogP contribution in [0.15, 0.2) is 36.4 Å². The summed E-state index contributed by atoms with van der Waals surface area (Å²) in [6, 6.07) is 11.5. The number of hydrogen-bond acceptors (Lipinski definition) is 3. The summed E-state index contributed by atoms with van der Waals surface area (Å²) in [7, 11) is 3.41. The van der Waals surface area contributed by atoms with Gasteiger partial charge in [-0.2, -0.15) is 0 Å². The Bertz CT molecular complexity index is 771. The molecular formula is C20H26N2O3. The number of amides is 2. The van der Waals surface area contributed by atoms with E-state index in [4.69, 9.17) is 4.74 Å². The third-order valence-electron chi connectivity index (χ3n) is 4.20. The van der Waals surface area contributed by atoms with Gasteiger partial charge >= 0.3 is 0 Å². The number of carbonyl (C=O) groups excluding carboxylic acids is 2. The number of nitrogens with one attached hydrogen (secondary N) is 1. The van der Waals surface area contributed by atoms with Crippen LogP contribution in [0.3, 0.4) is 0 Å². The maximum atomic E-state index is 12.7. The molecule has 5 heteroatoms. The van der Waals surface area contributed by atoms with Crippen LogP contribution in [0.2, 0.25) is 0 Å². The highest BCUT2D eigenvalue weighted by Gasteiger charge is 2.25. The van der Waals surface area contributed by atoms with Crippen LogP contribution in [0, 0.1) is 5.92 Å². The van der Waals surface area contributed by atoms with Crippen LogP contribution in [0.5, 0.6) is 5.75 Å². The third-order valence-corrected chi connectivity index (χ3v) is 4.20. The van der Waals surface area contributed by atoms with Gasteiger partial charge in [0.05, 0.1) is 7.11 Å². The Morgan fingerprint density at radius 2 is 1.76 bits per heavy atom. The number of nitrogens with zero attached hydrogens (tertiary/aromatic N) is 1. The molecule has 0 aliphatic heterocycles. The molecule has 0 aliphatic carbocycles. The van der Waals surface area contributed by atoms with Gasteiger partial charge in [0, 0.05) is 20.5 Å². The highest BCUT2D eigenvalue weighted by molar-refractivity contribution is 5.87. The van der Waals surface area contributed by atoms with Crippen molar-refractivity contribution in [3.05, 3.63) is 42.0 Å². The number of carbonyl (C=O) groups is 2. The molecule has 0 aliphatic rings. The number of fused-ring (bicyclic) bond motifs is 1. The topological polar surface area (TPSA) is 58.6 Å². The summed E-state index contributed by atoms with van der Waals surface area (Å²) >= 11 is 0. The van der Waals surface area contributed by atoms with Crippen molar-refractivity contribution in [2.75, 3.05) is 14.2 Å². The van der Waals surface area contributed by atoms with E-state index in [1.54, 1.807) is 19.1 Å². The molecule has 25 heavy (non-hydrogen) atoms. The average molecular weight is 342 g/mol. The fraction of sp³-hybridized carbons (Fsp3) is 0.400. The first-order chi connectivity index (χ1) is 11.8. The summed E-state index contributed by atoms with van der Waals surface area (Å²) in [5.74, 6) is 0.575. The highest BCUT2D eigenvalue weighted by atomic mass is 16.5. The van der Waals surface area contributed by atoms with Crippen LogP contribution >= 0.6 is 0 Å². The van der Waals surface area contributed by atoms with E-state index in [0.717, 1.165) is 22.1 Å². The molecule has 2 aromatic rings. The van der Waals surface area contributed by atoms with E-state index in [-0.39, 0.29) is 17.7 Å². The van der Waals surface area contributed by atoms with Crippen LogP contribution in [0.25, 0.3) is 10.8 Å². The van der Waals surface area contributed by atoms with E-state index in [0.29, 0.717) is 6.54 Å². The van der Waals surface area contributed by atoms with Gasteiger partial charge in [0.25, 0.3) is 0 Å². The summed E-state index contributed by atoms with van der Waals surface area (Å²) < 4.78 is 5.24. The van der Waals surface area contributed by atoms with Crippen LogP contribution < -0.4 is 10.1 Å². The second-order valence-electron chi connectivity index (χ2n) is 6.66. The molecule has 1 atom stereocenters. The second-order valence-corrected chi connectivity index (χ2v) is 6.66. The number of hydrogen-bond donors (Lipinski definition) is 1. The molecule has 0 bridgehead atoms. The Morgan fingerprint density at radius 3 is 2.36 bits per heavy atom. The van der Waals surface area contributed by atoms with Gasteiger partial charge in [-0.1, -0.05) is 32.0 Å². The number of ether oxygens (including phenoxy) is 1. The monoisotopic (exact) mass is 342 g/mol. The summed E-state index contributed by atoms with van der Waals surface area (Å²) in [4.78, 5) is 25.7. The normalized spacial score (nSPS) is 12.1. The van der Waals surface area contributed by atoms with Crippen molar-refractivity contribution in [1.82, 2.24) is 10.2 Å². The minimum absolute atomic E-state index is 0.0305. The fourth-order valence-corrected chi connectivity index (χ4v) is 2.82. The van der Waals surface area contributed by atoms with Gasteiger partial charge in [0.2, 0.25) is 11.8 Å². The average Bonchev–Trinajstić information content (AvgIpc) is 2.58.